The molecule has 100 valence electrons. The highest BCUT2D eigenvalue weighted by molar-refractivity contribution is 7.99. The molecule has 1 aromatic carbocycles. The molecule has 0 saturated carbocycles. The average Bonchev–Trinajstić information content (AvgIpc) is 2.70. The third kappa shape index (κ3) is 3.91. The molecular weight excluding hydrogens is 262 g/mol. The predicted molar refractivity (Wildman–Crippen MR) is 82.9 cm³/mol. The molecule has 0 heterocycles. The maximum Gasteiger partial charge on any atom is 0.0408 e. The van der Waals surface area contributed by atoms with Crippen molar-refractivity contribution in [2.45, 2.75) is 45.2 Å². The first-order chi connectivity index (χ1) is 8.69. The Morgan fingerprint density at radius 3 is 2.94 bits per heavy atom. The van der Waals surface area contributed by atoms with Crippen LogP contribution in [0.3, 0.4) is 0 Å². The van der Waals surface area contributed by atoms with Crippen LogP contribution < -0.4 is 5.32 Å². The van der Waals surface area contributed by atoms with E-state index in [2.05, 4.69) is 31.3 Å². The second kappa shape index (κ2) is 6.83. The highest BCUT2D eigenvalue weighted by atomic mass is 35.5. The summed E-state index contributed by atoms with van der Waals surface area (Å²) in [5.41, 5.74) is 2.89. The minimum Gasteiger partial charge on any atom is -0.311 e. The molecule has 2 rings (SSSR count). The van der Waals surface area contributed by atoms with E-state index in [9.17, 15) is 0 Å². The molecule has 0 spiro atoms. The van der Waals surface area contributed by atoms with Gasteiger partial charge in [-0.15, -0.1) is 0 Å². The summed E-state index contributed by atoms with van der Waals surface area (Å²) < 4.78 is 0. The summed E-state index contributed by atoms with van der Waals surface area (Å²) in [5.74, 6) is 2.48. The van der Waals surface area contributed by atoms with Crippen LogP contribution in [0.5, 0.6) is 0 Å². The fourth-order valence-corrected chi connectivity index (χ4v) is 3.60. The quantitative estimate of drug-likeness (QED) is 0.794. The summed E-state index contributed by atoms with van der Waals surface area (Å²) in [7, 11) is 0. The van der Waals surface area contributed by atoms with Crippen molar-refractivity contribution in [3.05, 3.63) is 34.3 Å². The first kappa shape index (κ1) is 14.2. The summed E-state index contributed by atoms with van der Waals surface area (Å²) in [6.07, 6.45) is 3.53. The molecule has 0 aromatic heterocycles. The van der Waals surface area contributed by atoms with E-state index in [1.54, 1.807) is 0 Å². The normalized spacial score (nSPS) is 19.8. The molecule has 1 aliphatic carbocycles. The minimum atomic E-state index is 0.597. The second-order valence-corrected chi connectivity index (χ2v) is 6.90. The van der Waals surface area contributed by atoms with Crippen LogP contribution in [0.1, 0.15) is 31.4 Å². The largest absolute Gasteiger partial charge is 0.311 e. The minimum absolute atomic E-state index is 0.597. The Labute approximate surface area is 120 Å². The zero-order chi connectivity index (χ0) is 13.0. The van der Waals surface area contributed by atoms with Crippen molar-refractivity contribution in [2.75, 3.05) is 11.5 Å². The molecule has 0 bridgehead atoms. The van der Waals surface area contributed by atoms with Gasteiger partial charge in [-0.2, -0.15) is 11.8 Å². The fourth-order valence-electron chi connectivity index (χ4n) is 2.59. The maximum absolute atomic E-state index is 6.04. The predicted octanol–water partition coefficient (Wildman–Crippen LogP) is 3.93. The topological polar surface area (TPSA) is 12.0 Å². The van der Waals surface area contributed by atoms with Crippen LogP contribution in [-0.2, 0) is 12.8 Å². The van der Waals surface area contributed by atoms with Crippen LogP contribution >= 0.6 is 23.4 Å². The third-order valence-corrected chi connectivity index (χ3v) is 4.69. The number of hydrogen-bond donors (Lipinski definition) is 1. The molecule has 1 aliphatic rings. The monoisotopic (exact) mass is 283 g/mol. The van der Waals surface area contributed by atoms with Gasteiger partial charge in [-0.25, -0.2) is 0 Å². The summed E-state index contributed by atoms with van der Waals surface area (Å²) >= 11 is 8.06. The molecule has 2 unspecified atom stereocenters. The van der Waals surface area contributed by atoms with E-state index in [-0.39, 0.29) is 0 Å². The number of fused-ring (bicyclic) bond motifs is 1. The molecule has 0 radical (unpaired) electrons. The Balaban J connectivity index is 1.80. The molecule has 3 heteroatoms. The van der Waals surface area contributed by atoms with Gasteiger partial charge in [0.1, 0.15) is 0 Å². The molecule has 0 fully saturated rings. The summed E-state index contributed by atoms with van der Waals surface area (Å²) in [6, 6.07) is 7.51. The molecule has 0 saturated heterocycles. The van der Waals surface area contributed by atoms with Crippen molar-refractivity contribution in [1.29, 1.82) is 0 Å². The molecule has 0 amide bonds. The van der Waals surface area contributed by atoms with E-state index in [4.69, 9.17) is 11.6 Å². The van der Waals surface area contributed by atoms with E-state index >= 15 is 0 Å². The van der Waals surface area contributed by atoms with Crippen LogP contribution in [0.2, 0.25) is 5.02 Å². The number of halogens is 1. The maximum atomic E-state index is 6.04. The fraction of sp³-hybridized carbons (Fsp3) is 0.600. The van der Waals surface area contributed by atoms with Crippen molar-refractivity contribution >= 4 is 23.4 Å². The van der Waals surface area contributed by atoms with Crippen molar-refractivity contribution in [3.8, 4) is 0 Å². The van der Waals surface area contributed by atoms with Gasteiger partial charge in [0.2, 0.25) is 0 Å². The Bertz CT molecular complexity index is 394. The van der Waals surface area contributed by atoms with E-state index in [0.29, 0.717) is 12.1 Å². The lowest BCUT2D eigenvalue weighted by atomic mass is 10.1. The van der Waals surface area contributed by atoms with E-state index < -0.39 is 0 Å². The number of hydrogen-bond acceptors (Lipinski definition) is 2. The van der Waals surface area contributed by atoms with Crippen LogP contribution in [-0.4, -0.2) is 23.6 Å². The van der Waals surface area contributed by atoms with Gasteiger partial charge in [0.15, 0.2) is 0 Å². The Kier molecular flexibility index (Phi) is 5.40. The lowest BCUT2D eigenvalue weighted by Gasteiger charge is -2.18. The standard InChI is InChI=1S/C15H22ClNS/c1-3-18-7-6-11(2)17-15-9-12-4-5-14(16)8-13(12)10-15/h4-5,8,11,15,17H,3,6-7,9-10H2,1-2H3. The highest BCUT2D eigenvalue weighted by Gasteiger charge is 2.22. The van der Waals surface area contributed by atoms with E-state index in [0.717, 1.165) is 17.9 Å². The smallest absolute Gasteiger partial charge is 0.0408 e. The molecular formula is C15H22ClNS. The lowest BCUT2D eigenvalue weighted by Crippen LogP contribution is -2.37. The average molecular weight is 284 g/mol. The van der Waals surface area contributed by atoms with Gasteiger partial charge in [-0.1, -0.05) is 24.6 Å². The van der Waals surface area contributed by atoms with E-state index in [1.807, 2.05) is 17.8 Å². The van der Waals surface area contributed by atoms with E-state index in [1.165, 1.54) is 29.1 Å². The van der Waals surface area contributed by atoms with Gasteiger partial charge >= 0.3 is 0 Å². The molecule has 1 N–H and O–H groups in total. The number of nitrogens with one attached hydrogen (secondary N) is 1. The number of rotatable bonds is 6. The Hall–Kier alpha value is -0.180. The highest BCUT2D eigenvalue weighted by Crippen LogP contribution is 2.25. The number of benzene rings is 1. The van der Waals surface area contributed by atoms with Crippen molar-refractivity contribution in [3.63, 3.8) is 0 Å². The molecule has 1 nitrogen and oxygen atoms in total. The first-order valence-corrected chi connectivity index (χ1v) is 8.33. The van der Waals surface area contributed by atoms with Crippen LogP contribution in [0.15, 0.2) is 18.2 Å². The summed E-state index contributed by atoms with van der Waals surface area (Å²) in [4.78, 5) is 0. The zero-order valence-corrected chi connectivity index (χ0v) is 12.8. The molecule has 1 aromatic rings. The van der Waals surface area contributed by atoms with Gasteiger partial charge < -0.3 is 5.32 Å². The number of thioether (sulfide) groups is 1. The van der Waals surface area contributed by atoms with Crippen molar-refractivity contribution in [1.82, 2.24) is 5.32 Å². The summed E-state index contributed by atoms with van der Waals surface area (Å²) in [5, 5.41) is 4.61. The second-order valence-electron chi connectivity index (χ2n) is 5.07. The summed E-state index contributed by atoms with van der Waals surface area (Å²) in [6.45, 7) is 4.52. The molecule has 2 atom stereocenters. The zero-order valence-electron chi connectivity index (χ0n) is 11.2. The van der Waals surface area contributed by atoms with Gasteiger partial charge in [0.05, 0.1) is 0 Å². The van der Waals surface area contributed by atoms with Crippen molar-refractivity contribution < 1.29 is 0 Å². The Morgan fingerprint density at radius 2 is 2.17 bits per heavy atom. The lowest BCUT2D eigenvalue weighted by molar-refractivity contribution is 0.449. The Morgan fingerprint density at radius 1 is 1.39 bits per heavy atom. The van der Waals surface area contributed by atoms with Gasteiger partial charge in [0.25, 0.3) is 0 Å². The van der Waals surface area contributed by atoms with Crippen molar-refractivity contribution in [2.24, 2.45) is 0 Å². The van der Waals surface area contributed by atoms with Gasteiger partial charge in [0, 0.05) is 17.1 Å². The van der Waals surface area contributed by atoms with Crippen LogP contribution in [0.4, 0.5) is 0 Å². The van der Waals surface area contributed by atoms with Crippen LogP contribution in [0.25, 0.3) is 0 Å². The van der Waals surface area contributed by atoms with Crippen LogP contribution in [0, 0.1) is 0 Å². The van der Waals surface area contributed by atoms with Gasteiger partial charge in [-0.05, 0) is 61.0 Å². The molecule has 18 heavy (non-hydrogen) atoms. The van der Waals surface area contributed by atoms with Gasteiger partial charge in [-0.3, -0.25) is 0 Å². The third-order valence-electron chi connectivity index (χ3n) is 3.52. The molecule has 0 aliphatic heterocycles. The SMILES string of the molecule is CCSCCC(C)NC1Cc2ccc(Cl)cc2C1. The first-order valence-electron chi connectivity index (χ1n) is 6.80.